The molecule has 0 saturated heterocycles. The Bertz CT molecular complexity index is 956. The molecule has 4 rings (SSSR count). The maximum Gasteiger partial charge on any atom is 0.0390 e. The van der Waals surface area contributed by atoms with Gasteiger partial charge in [-0.15, -0.1) is 11.3 Å². The van der Waals surface area contributed by atoms with Gasteiger partial charge in [0.2, 0.25) is 0 Å². The lowest BCUT2D eigenvalue weighted by molar-refractivity contribution is 1.16. The zero-order valence-corrected chi connectivity index (χ0v) is 15.6. The molecule has 1 heterocycles. The number of nitrogens with one attached hydrogen (secondary N) is 1. The molecule has 0 amide bonds. The third-order valence-electron chi connectivity index (χ3n) is 4.80. The molecule has 1 fully saturated rings. The minimum Gasteiger partial charge on any atom is -0.362 e. The normalized spacial score (nSPS) is 14.3. The summed E-state index contributed by atoms with van der Waals surface area (Å²) in [4.78, 5) is 1.37. The molecule has 0 radical (unpaired) electrons. The summed E-state index contributed by atoms with van der Waals surface area (Å²) in [7, 11) is 0. The van der Waals surface area contributed by atoms with Crippen molar-refractivity contribution in [3.63, 3.8) is 0 Å². The largest absolute Gasteiger partial charge is 0.362 e. The highest BCUT2D eigenvalue weighted by Crippen LogP contribution is 2.49. The maximum atomic E-state index is 4.44. The Labute approximate surface area is 153 Å². The summed E-state index contributed by atoms with van der Waals surface area (Å²) in [6.07, 6.45) is 6.54. The van der Waals surface area contributed by atoms with Crippen LogP contribution in [0.15, 0.2) is 61.3 Å². The van der Waals surface area contributed by atoms with Gasteiger partial charge < -0.3 is 5.32 Å². The van der Waals surface area contributed by atoms with Crippen LogP contribution in [0.2, 0.25) is 0 Å². The van der Waals surface area contributed by atoms with E-state index in [0.717, 1.165) is 5.69 Å². The molecule has 1 N–H and O–H groups in total. The monoisotopic (exact) mass is 345 g/mol. The zero-order valence-electron chi connectivity index (χ0n) is 14.8. The molecule has 1 aromatic heterocycles. The van der Waals surface area contributed by atoms with E-state index < -0.39 is 0 Å². The first-order valence-corrected chi connectivity index (χ1v) is 9.69. The Kier molecular flexibility index (Phi) is 4.22. The molecule has 2 heteroatoms. The highest BCUT2D eigenvalue weighted by Gasteiger charge is 2.28. The molecule has 126 valence electrons. The van der Waals surface area contributed by atoms with Gasteiger partial charge in [-0.3, -0.25) is 0 Å². The molecule has 0 aliphatic heterocycles. The van der Waals surface area contributed by atoms with Crippen LogP contribution in [0.5, 0.6) is 0 Å². The Balaban J connectivity index is 1.83. The third kappa shape index (κ3) is 3.14. The number of rotatable bonds is 5. The number of allylic oxidation sites excluding steroid dienone is 2. The van der Waals surface area contributed by atoms with Crippen LogP contribution in [0.1, 0.15) is 30.2 Å². The number of hydrogen-bond acceptors (Lipinski definition) is 2. The molecule has 0 unspecified atom stereocenters. The number of thiophene rings is 1. The number of fused-ring (bicyclic) bond motifs is 1. The van der Waals surface area contributed by atoms with Crippen LogP contribution in [-0.4, -0.2) is 0 Å². The average Bonchev–Trinajstić information content (AvgIpc) is 3.40. The molecule has 3 aromatic rings. The van der Waals surface area contributed by atoms with Crippen LogP contribution < -0.4 is 5.32 Å². The summed E-state index contributed by atoms with van der Waals surface area (Å²) in [6.45, 7) is 8.61. The van der Waals surface area contributed by atoms with Crippen LogP contribution in [-0.2, 0) is 0 Å². The highest BCUT2D eigenvalue weighted by molar-refractivity contribution is 7.20. The lowest BCUT2D eigenvalue weighted by Gasteiger charge is -2.09. The first kappa shape index (κ1) is 16.2. The van der Waals surface area contributed by atoms with Crippen LogP contribution in [0.25, 0.3) is 26.8 Å². The van der Waals surface area contributed by atoms with E-state index in [4.69, 9.17) is 0 Å². The molecule has 1 saturated carbocycles. The minimum absolute atomic E-state index is 0.684. The average molecular weight is 346 g/mol. The van der Waals surface area contributed by atoms with Gasteiger partial charge in [-0.2, -0.15) is 0 Å². The fraction of sp³-hybridized carbons (Fsp3) is 0.217. The van der Waals surface area contributed by atoms with Gasteiger partial charge in [-0.25, -0.2) is 0 Å². The van der Waals surface area contributed by atoms with E-state index in [1.807, 2.05) is 30.5 Å². The summed E-state index contributed by atoms with van der Waals surface area (Å²) < 4.78 is 1.36. The second-order valence-electron chi connectivity index (χ2n) is 6.83. The fourth-order valence-electron chi connectivity index (χ4n) is 3.25. The predicted octanol–water partition coefficient (Wildman–Crippen LogP) is 7.25. The molecular formula is C23H23NS. The Morgan fingerprint density at radius 3 is 2.60 bits per heavy atom. The van der Waals surface area contributed by atoms with E-state index in [1.165, 1.54) is 50.1 Å². The number of anilines is 1. The lowest BCUT2D eigenvalue weighted by atomic mass is 9.97. The van der Waals surface area contributed by atoms with Crippen molar-refractivity contribution in [1.82, 2.24) is 0 Å². The zero-order chi connectivity index (χ0) is 17.4. The summed E-state index contributed by atoms with van der Waals surface area (Å²) in [5.41, 5.74) is 6.38. The van der Waals surface area contributed by atoms with Crippen molar-refractivity contribution in [2.75, 3.05) is 5.32 Å². The maximum absolute atomic E-state index is 4.44. The second-order valence-corrected chi connectivity index (χ2v) is 7.88. The number of aryl methyl sites for hydroxylation is 1. The summed E-state index contributed by atoms with van der Waals surface area (Å²) in [5, 5.41) is 4.63. The van der Waals surface area contributed by atoms with Crippen LogP contribution in [0, 0.1) is 12.8 Å². The van der Waals surface area contributed by atoms with Crippen molar-refractivity contribution in [3.05, 3.63) is 71.8 Å². The van der Waals surface area contributed by atoms with Crippen molar-refractivity contribution < 1.29 is 0 Å². The van der Waals surface area contributed by atoms with Gasteiger partial charge >= 0.3 is 0 Å². The van der Waals surface area contributed by atoms with Crippen LogP contribution in [0.4, 0.5) is 5.69 Å². The number of hydrogen-bond donors (Lipinski definition) is 1. The van der Waals surface area contributed by atoms with E-state index in [2.05, 4.69) is 61.3 Å². The van der Waals surface area contributed by atoms with Gasteiger partial charge in [0.15, 0.2) is 0 Å². The van der Waals surface area contributed by atoms with E-state index >= 15 is 0 Å². The van der Waals surface area contributed by atoms with Crippen LogP contribution in [0.3, 0.4) is 0 Å². The first-order valence-electron chi connectivity index (χ1n) is 8.88. The topological polar surface area (TPSA) is 12.0 Å². The fourth-order valence-corrected chi connectivity index (χ4v) is 4.62. The molecule has 1 aliphatic rings. The molecule has 25 heavy (non-hydrogen) atoms. The van der Waals surface area contributed by atoms with Gasteiger partial charge in [0, 0.05) is 26.2 Å². The molecule has 1 nitrogen and oxygen atoms in total. The van der Waals surface area contributed by atoms with Crippen LogP contribution >= 0.6 is 11.3 Å². The summed E-state index contributed by atoms with van der Waals surface area (Å²) >= 11 is 1.90. The summed E-state index contributed by atoms with van der Waals surface area (Å²) in [6, 6.07) is 15.5. The Morgan fingerprint density at radius 1 is 1.16 bits per heavy atom. The smallest absolute Gasteiger partial charge is 0.0390 e. The van der Waals surface area contributed by atoms with Crippen molar-refractivity contribution in [2.24, 2.45) is 5.92 Å². The standard InChI is InChI=1S/C23H23NS/c1-4-13-24-19-10-8-18(9-11-19)22-20-12-5-15(2)14-21(20)25-23(22)16(3)17-6-7-17/h4-5,8-14,17,24H,3,6-7H2,1-2H3/b13-4+. The highest BCUT2D eigenvalue weighted by atomic mass is 32.1. The molecule has 0 spiro atoms. The lowest BCUT2D eigenvalue weighted by Crippen LogP contribution is -1.88. The predicted molar refractivity (Wildman–Crippen MR) is 112 cm³/mol. The van der Waals surface area contributed by atoms with E-state index in [1.54, 1.807) is 0 Å². The van der Waals surface area contributed by atoms with Gasteiger partial charge in [-0.05, 0) is 73.7 Å². The van der Waals surface area contributed by atoms with Gasteiger partial charge in [-0.1, -0.05) is 36.9 Å². The van der Waals surface area contributed by atoms with E-state index in [0.29, 0.717) is 5.92 Å². The van der Waals surface area contributed by atoms with Crippen molar-refractivity contribution in [1.29, 1.82) is 0 Å². The second kappa shape index (κ2) is 6.53. The minimum atomic E-state index is 0.684. The summed E-state index contributed by atoms with van der Waals surface area (Å²) in [5.74, 6) is 0.684. The van der Waals surface area contributed by atoms with E-state index in [-0.39, 0.29) is 0 Å². The first-order chi connectivity index (χ1) is 12.2. The molecular weight excluding hydrogens is 322 g/mol. The van der Waals surface area contributed by atoms with Crippen molar-refractivity contribution in [3.8, 4) is 11.1 Å². The molecule has 0 atom stereocenters. The van der Waals surface area contributed by atoms with Gasteiger partial charge in [0.1, 0.15) is 0 Å². The molecule has 2 aromatic carbocycles. The molecule has 0 bridgehead atoms. The third-order valence-corrected chi connectivity index (χ3v) is 6.03. The molecule has 1 aliphatic carbocycles. The van der Waals surface area contributed by atoms with Gasteiger partial charge in [0.25, 0.3) is 0 Å². The van der Waals surface area contributed by atoms with Crippen molar-refractivity contribution >= 4 is 32.7 Å². The van der Waals surface area contributed by atoms with E-state index in [9.17, 15) is 0 Å². The van der Waals surface area contributed by atoms with Crippen molar-refractivity contribution in [2.45, 2.75) is 26.7 Å². The Morgan fingerprint density at radius 2 is 1.92 bits per heavy atom. The van der Waals surface area contributed by atoms with Gasteiger partial charge in [0.05, 0.1) is 0 Å². The Hall–Kier alpha value is -2.32. The quantitative estimate of drug-likeness (QED) is 0.513. The number of benzene rings is 2. The SMILES string of the molecule is C=C(c1sc2cc(C)ccc2c1-c1ccc(N/C=C/C)cc1)C1CC1.